The van der Waals surface area contributed by atoms with E-state index in [0.717, 1.165) is 19.4 Å². The van der Waals surface area contributed by atoms with Gasteiger partial charge in [0.05, 0.1) is 12.5 Å². The molecule has 1 amide bonds. The summed E-state index contributed by atoms with van der Waals surface area (Å²) in [5.74, 6) is -1.02. The number of hydrogen-bond donors (Lipinski definition) is 2. The highest BCUT2D eigenvalue weighted by atomic mass is 16.4. The lowest BCUT2D eigenvalue weighted by molar-refractivity contribution is -0.144. The number of piperazine rings is 1. The topological polar surface area (TPSA) is 72.9 Å². The second-order valence-electron chi connectivity index (χ2n) is 6.32. The van der Waals surface area contributed by atoms with E-state index in [1.807, 2.05) is 0 Å². The second-order valence-corrected chi connectivity index (χ2v) is 6.32. The number of carbonyl (C=O) groups is 2. The predicted molar refractivity (Wildman–Crippen MR) is 73.4 cm³/mol. The molecule has 3 aliphatic heterocycles. The number of nitrogens with one attached hydrogen (secondary N) is 1. The first-order valence-corrected chi connectivity index (χ1v) is 7.53. The van der Waals surface area contributed by atoms with Crippen LogP contribution < -0.4 is 5.32 Å². The van der Waals surface area contributed by atoms with Crippen molar-refractivity contribution in [2.75, 3.05) is 20.1 Å². The molecule has 112 valence electrons. The molecule has 2 N–H and O–H groups in total. The van der Waals surface area contributed by atoms with Gasteiger partial charge < -0.3 is 15.3 Å². The molecule has 0 saturated carbocycles. The van der Waals surface area contributed by atoms with E-state index in [-0.39, 0.29) is 12.3 Å². The lowest BCUT2D eigenvalue weighted by atomic mass is 9.93. The maximum absolute atomic E-state index is 12.0. The lowest BCUT2D eigenvalue weighted by Gasteiger charge is -2.45. The molecule has 3 heterocycles. The van der Waals surface area contributed by atoms with Crippen LogP contribution in [-0.2, 0) is 9.59 Å². The first-order valence-electron chi connectivity index (χ1n) is 7.53. The summed E-state index contributed by atoms with van der Waals surface area (Å²) in [5, 5.41) is 11.8. The van der Waals surface area contributed by atoms with Crippen molar-refractivity contribution in [3.05, 3.63) is 0 Å². The zero-order chi connectivity index (χ0) is 14.3. The highest BCUT2D eigenvalue weighted by molar-refractivity contribution is 5.86. The Morgan fingerprint density at radius 2 is 1.95 bits per heavy atom. The molecule has 3 saturated heterocycles. The van der Waals surface area contributed by atoms with Crippen molar-refractivity contribution in [1.29, 1.82) is 0 Å². The molecule has 3 rings (SSSR count). The molecular formula is C14H23N3O3. The van der Waals surface area contributed by atoms with Crippen molar-refractivity contribution in [3.8, 4) is 0 Å². The minimum absolute atomic E-state index is 0.0898. The number of hydrogen-bond acceptors (Lipinski definition) is 4. The highest BCUT2D eigenvalue weighted by Crippen LogP contribution is 2.37. The Labute approximate surface area is 119 Å². The van der Waals surface area contributed by atoms with Gasteiger partial charge in [0.2, 0.25) is 5.91 Å². The van der Waals surface area contributed by atoms with Crippen LogP contribution in [0.15, 0.2) is 0 Å². The van der Waals surface area contributed by atoms with Gasteiger partial charge in [0.15, 0.2) is 0 Å². The van der Waals surface area contributed by atoms with Gasteiger partial charge in [-0.15, -0.1) is 0 Å². The molecule has 0 aromatic carbocycles. The third-order valence-electron chi connectivity index (χ3n) is 5.28. The van der Waals surface area contributed by atoms with Crippen molar-refractivity contribution in [2.24, 2.45) is 0 Å². The van der Waals surface area contributed by atoms with E-state index in [1.165, 1.54) is 12.8 Å². The summed E-state index contributed by atoms with van der Waals surface area (Å²) in [4.78, 5) is 27.6. The first kappa shape index (κ1) is 13.8. The van der Waals surface area contributed by atoms with Crippen LogP contribution in [0.3, 0.4) is 0 Å². The van der Waals surface area contributed by atoms with E-state index in [4.69, 9.17) is 5.11 Å². The number of nitrogens with zero attached hydrogens (tertiary/aromatic N) is 2. The van der Waals surface area contributed by atoms with Crippen LogP contribution in [0.2, 0.25) is 0 Å². The smallest absolute Gasteiger partial charge is 0.305 e. The van der Waals surface area contributed by atoms with Gasteiger partial charge in [0, 0.05) is 31.2 Å². The molecule has 0 spiro atoms. The van der Waals surface area contributed by atoms with Gasteiger partial charge in [-0.05, 0) is 32.7 Å². The molecule has 0 aliphatic carbocycles. The van der Waals surface area contributed by atoms with Crippen LogP contribution in [0.25, 0.3) is 0 Å². The van der Waals surface area contributed by atoms with Crippen LogP contribution in [0.5, 0.6) is 0 Å². The van der Waals surface area contributed by atoms with Crippen LogP contribution in [0, 0.1) is 0 Å². The SMILES string of the molecule is CN1C2CCC1CC(N1CCNC(=O)C1CC(=O)O)C2. The Balaban J connectivity index is 1.74. The molecule has 2 bridgehead atoms. The molecule has 3 atom stereocenters. The van der Waals surface area contributed by atoms with Gasteiger partial charge in [-0.1, -0.05) is 0 Å². The van der Waals surface area contributed by atoms with Gasteiger partial charge in [-0.25, -0.2) is 0 Å². The molecule has 0 radical (unpaired) electrons. The summed E-state index contributed by atoms with van der Waals surface area (Å²) in [7, 11) is 2.19. The minimum atomic E-state index is -0.895. The fourth-order valence-electron chi connectivity index (χ4n) is 4.20. The maximum Gasteiger partial charge on any atom is 0.305 e. The summed E-state index contributed by atoms with van der Waals surface area (Å²) in [6, 6.07) is 1.08. The molecule has 3 fully saturated rings. The molecule has 6 heteroatoms. The predicted octanol–water partition coefficient (Wildman–Crippen LogP) is -0.113. The summed E-state index contributed by atoms with van der Waals surface area (Å²) >= 11 is 0. The Kier molecular flexibility index (Phi) is 3.69. The number of carbonyl (C=O) groups excluding carboxylic acids is 1. The van der Waals surface area contributed by atoms with Gasteiger partial charge in [-0.2, -0.15) is 0 Å². The fourth-order valence-corrected chi connectivity index (χ4v) is 4.20. The van der Waals surface area contributed by atoms with Gasteiger partial charge in [-0.3, -0.25) is 14.5 Å². The van der Waals surface area contributed by atoms with Gasteiger partial charge >= 0.3 is 5.97 Å². The maximum atomic E-state index is 12.0. The standard InChI is InChI=1S/C14H23N3O3/c1-16-9-2-3-10(16)7-11(6-9)17-5-4-15-14(20)12(17)8-13(18)19/h9-12H,2-8H2,1H3,(H,15,20)(H,18,19). The molecule has 6 nitrogen and oxygen atoms in total. The quantitative estimate of drug-likeness (QED) is 0.755. The van der Waals surface area contributed by atoms with E-state index >= 15 is 0 Å². The molecule has 20 heavy (non-hydrogen) atoms. The Bertz CT molecular complexity index is 400. The summed E-state index contributed by atoms with van der Waals surface area (Å²) in [6.07, 6.45) is 4.52. The molecule has 0 aromatic heterocycles. The van der Waals surface area contributed by atoms with Crippen molar-refractivity contribution in [1.82, 2.24) is 15.1 Å². The fraction of sp³-hybridized carbons (Fsp3) is 0.857. The van der Waals surface area contributed by atoms with E-state index in [9.17, 15) is 9.59 Å². The molecule has 3 unspecified atom stereocenters. The zero-order valence-corrected chi connectivity index (χ0v) is 11.9. The van der Waals surface area contributed by atoms with Gasteiger partial charge in [0.1, 0.15) is 0 Å². The van der Waals surface area contributed by atoms with Crippen molar-refractivity contribution in [3.63, 3.8) is 0 Å². The molecule has 3 aliphatic rings. The number of amides is 1. The zero-order valence-electron chi connectivity index (χ0n) is 11.9. The highest BCUT2D eigenvalue weighted by Gasteiger charge is 2.44. The number of piperidine rings is 1. The van der Waals surface area contributed by atoms with Crippen molar-refractivity contribution in [2.45, 2.75) is 56.3 Å². The normalized spacial score (nSPS) is 38.8. The molecular weight excluding hydrogens is 258 g/mol. The average molecular weight is 281 g/mol. The number of fused-ring (bicyclic) bond motifs is 2. The Hall–Kier alpha value is -1.14. The third-order valence-corrected chi connectivity index (χ3v) is 5.28. The number of carboxylic acids is 1. The average Bonchev–Trinajstić information content (AvgIpc) is 2.63. The van der Waals surface area contributed by atoms with Crippen LogP contribution in [-0.4, -0.2) is 71.1 Å². The molecule has 0 aromatic rings. The van der Waals surface area contributed by atoms with Crippen LogP contribution >= 0.6 is 0 Å². The minimum Gasteiger partial charge on any atom is -0.481 e. The van der Waals surface area contributed by atoms with Crippen molar-refractivity contribution < 1.29 is 14.7 Å². The summed E-state index contributed by atoms with van der Waals surface area (Å²) < 4.78 is 0. The number of rotatable bonds is 3. The van der Waals surface area contributed by atoms with E-state index in [0.29, 0.717) is 24.7 Å². The van der Waals surface area contributed by atoms with Crippen molar-refractivity contribution >= 4 is 11.9 Å². The second kappa shape index (κ2) is 5.33. The largest absolute Gasteiger partial charge is 0.481 e. The third kappa shape index (κ3) is 2.42. The van der Waals surface area contributed by atoms with E-state index < -0.39 is 12.0 Å². The van der Waals surface area contributed by atoms with Gasteiger partial charge in [0.25, 0.3) is 0 Å². The Morgan fingerprint density at radius 1 is 1.30 bits per heavy atom. The summed E-state index contributed by atoms with van der Waals surface area (Å²) in [5.41, 5.74) is 0. The Morgan fingerprint density at radius 3 is 2.55 bits per heavy atom. The first-order chi connectivity index (χ1) is 9.56. The summed E-state index contributed by atoms with van der Waals surface area (Å²) in [6.45, 7) is 1.41. The lowest BCUT2D eigenvalue weighted by Crippen LogP contribution is -2.61. The monoisotopic (exact) mass is 281 g/mol. The number of aliphatic carboxylic acids is 1. The number of carboxylic acid groups (broad SMARTS) is 1. The van der Waals surface area contributed by atoms with E-state index in [1.54, 1.807) is 0 Å². The van der Waals surface area contributed by atoms with Crippen LogP contribution in [0.4, 0.5) is 0 Å². The van der Waals surface area contributed by atoms with E-state index in [2.05, 4.69) is 22.2 Å². The van der Waals surface area contributed by atoms with Crippen LogP contribution in [0.1, 0.15) is 32.1 Å².